The Morgan fingerprint density at radius 3 is 2.52 bits per heavy atom. The fourth-order valence-corrected chi connectivity index (χ4v) is 3.15. The van der Waals surface area contributed by atoms with Crippen molar-refractivity contribution in [3.05, 3.63) is 64.6 Å². The third-order valence-electron chi connectivity index (χ3n) is 3.40. The molecular weight excluding hydrogens is 348 g/mol. The molecule has 0 spiro atoms. The van der Waals surface area contributed by atoms with Crippen LogP contribution < -0.4 is 10.3 Å². The molecule has 9 heteroatoms. The molecule has 1 unspecified atom stereocenters. The number of carbonyl (C=O) groups excluding carboxylic acids is 1. The summed E-state index contributed by atoms with van der Waals surface area (Å²) in [4.78, 5) is 22.9. The lowest BCUT2D eigenvalue weighted by atomic mass is 10.2. The monoisotopic (exact) mass is 366 g/mol. The highest BCUT2D eigenvalue weighted by molar-refractivity contribution is 7.89. The first kappa shape index (κ1) is 18.8. The molecule has 1 atom stereocenters. The van der Waals surface area contributed by atoms with Gasteiger partial charge in [0.05, 0.1) is 30.2 Å². The Balaban J connectivity index is 2.00. The summed E-state index contributed by atoms with van der Waals surface area (Å²) in [6.45, 7) is -0.300. The zero-order valence-electron chi connectivity index (χ0n) is 13.5. The Hall–Kier alpha value is -2.49. The van der Waals surface area contributed by atoms with E-state index in [0.717, 1.165) is 0 Å². The van der Waals surface area contributed by atoms with Crippen molar-refractivity contribution in [1.29, 1.82) is 0 Å². The summed E-state index contributed by atoms with van der Waals surface area (Å²) in [5, 5.41) is 9.94. The number of sulfonamides is 1. The third-order valence-corrected chi connectivity index (χ3v) is 4.84. The SMILES string of the molecule is COC(=O)c1ccc(S(=O)(=O)NCC(O)Cn2ccccc2=O)cc1. The minimum absolute atomic E-state index is 0.0382. The van der Waals surface area contributed by atoms with Crippen molar-refractivity contribution in [2.75, 3.05) is 13.7 Å². The van der Waals surface area contributed by atoms with Gasteiger partial charge in [0, 0.05) is 18.8 Å². The van der Waals surface area contributed by atoms with Gasteiger partial charge in [-0.15, -0.1) is 0 Å². The van der Waals surface area contributed by atoms with Crippen molar-refractivity contribution in [2.45, 2.75) is 17.5 Å². The van der Waals surface area contributed by atoms with Crippen LogP contribution in [0.2, 0.25) is 0 Å². The van der Waals surface area contributed by atoms with Gasteiger partial charge >= 0.3 is 5.97 Å². The quantitative estimate of drug-likeness (QED) is 0.665. The molecule has 25 heavy (non-hydrogen) atoms. The van der Waals surface area contributed by atoms with Gasteiger partial charge in [-0.25, -0.2) is 17.9 Å². The van der Waals surface area contributed by atoms with E-state index in [0.29, 0.717) is 0 Å². The van der Waals surface area contributed by atoms with Gasteiger partial charge in [-0.2, -0.15) is 0 Å². The molecule has 0 saturated carbocycles. The lowest BCUT2D eigenvalue weighted by Gasteiger charge is -2.14. The Kier molecular flexibility index (Phi) is 6.07. The molecule has 2 aromatic rings. The predicted octanol–water partition coefficient (Wildman–Crippen LogP) is -0.0257. The normalized spacial score (nSPS) is 12.6. The maximum absolute atomic E-state index is 12.2. The maximum atomic E-state index is 12.2. The summed E-state index contributed by atoms with van der Waals surface area (Å²) in [6, 6.07) is 9.76. The molecule has 0 fully saturated rings. The number of hydrogen-bond acceptors (Lipinski definition) is 6. The number of rotatable bonds is 7. The van der Waals surface area contributed by atoms with E-state index in [1.165, 1.54) is 48.2 Å². The largest absolute Gasteiger partial charge is 0.465 e. The van der Waals surface area contributed by atoms with Crippen LogP contribution in [0.15, 0.2) is 58.4 Å². The van der Waals surface area contributed by atoms with Crippen molar-refractivity contribution >= 4 is 16.0 Å². The van der Waals surface area contributed by atoms with Gasteiger partial charge in [-0.05, 0) is 30.3 Å². The predicted molar refractivity (Wildman–Crippen MR) is 89.7 cm³/mol. The van der Waals surface area contributed by atoms with Crippen LogP contribution in [0.25, 0.3) is 0 Å². The van der Waals surface area contributed by atoms with E-state index in [9.17, 15) is 23.1 Å². The van der Waals surface area contributed by atoms with Crippen LogP contribution in [0.3, 0.4) is 0 Å². The first-order valence-corrected chi connectivity index (χ1v) is 8.83. The molecule has 1 heterocycles. The van der Waals surface area contributed by atoms with E-state index in [1.807, 2.05) is 0 Å². The zero-order chi connectivity index (χ0) is 18.4. The number of aromatic nitrogens is 1. The summed E-state index contributed by atoms with van der Waals surface area (Å²) in [5.74, 6) is -0.569. The molecule has 0 radical (unpaired) electrons. The second kappa shape index (κ2) is 8.06. The van der Waals surface area contributed by atoms with E-state index in [2.05, 4.69) is 9.46 Å². The van der Waals surface area contributed by atoms with Gasteiger partial charge in [-0.1, -0.05) is 6.07 Å². The number of nitrogens with one attached hydrogen (secondary N) is 1. The van der Waals surface area contributed by atoms with Crippen LogP contribution in [-0.2, 0) is 21.3 Å². The van der Waals surface area contributed by atoms with Crippen LogP contribution >= 0.6 is 0 Å². The minimum atomic E-state index is -3.86. The minimum Gasteiger partial charge on any atom is -0.465 e. The number of esters is 1. The molecule has 0 saturated heterocycles. The molecule has 2 rings (SSSR count). The number of ether oxygens (including phenoxy) is 1. The molecule has 1 aromatic carbocycles. The summed E-state index contributed by atoms with van der Waals surface area (Å²) >= 11 is 0. The Morgan fingerprint density at radius 2 is 1.92 bits per heavy atom. The molecule has 2 N–H and O–H groups in total. The van der Waals surface area contributed by atoms with E-state index < -0.39 is 22.1 Å². The van der Waals surface area contributed by atoms with Crippen molar-refractivity contribution in [3.63, 3.8) is 0 Å². The zero-order valence-corrected chi connectivity index (χ0v) is 14.3. The number of nitrogens with zero attached hydrogens (tertiary/aromatic N) is 1. The maximum Gasteiger partial charge on any atom is 0.337 e. The summed E-state index contributed by atoms with van der Waals surface area (Å²) in [7, 11) is -2.63. The highest BCUT2D eigenvalue weighted by Crippen LogP contribution is 2.11. The Labute approximate surface area is 144 Å². The highest BCUT2D eigenvalue weighted by atomic mass is 32.2. The van der Waals surface area contributed by atoms with Gasteiger partial charge in [0.1, 0.15) is 0 Å². The van der Waals surface area contributed by atoms with E-state index in [-0.39, 0.29) is 29.1 Å². The average Bonchev–Trinajstić information content (AvgIpc) is 2.61. The van der Waals surface area contributed by atoms with Crippen LogP contribution in [-0.4, -0.2) is 43.8 Å². The number of benzene rings is 1. The number of carbonyl (C=O) groups is 1. The number of hydrogen-bond donors (Lipinski definition) is 2. The van der Waals surface area contributed by atoms with Gasteiger partial charge in [-0.3, -0.25) is 4.79 Å². The summed E-state index contributed by atoms with van der Waals surface area (Å²) in [5.41, 5.74) is -0.0623. The van der Waals surface area contributed by atoms with Crippen molar-refractivity contribution in [1.82, 2.24) is 9.29 Å². The molecule has 0 aliphatic rings. The number of aliphatic hydroxyl groups is 1. The lowest BCUT2D eigenvalue weighted by molar-refractivity contribution is 0.0600. The van der Waals surface area contributed by atoms with Gasteiger partial charge in [0.2, 0.25) is 10.0 Å². The molecule has 8 nitrogen and oxygen atoms in total. The number of methoxy groups -OCH3 is 1. The molecular formula is C16H18N2O6S. The second-order valence-electron chi connectivity index (χ2n) is 5.21. The standard InChI is InChI=1S/C16H18N2O6S/c1-24-16(21)12-5-7-14(8-6-12)25(22,23)17-10-13(19)11-18-9-3-2-4-15(18)20/h2-9,13,17,19H,10-11H2,1H3. The number of aliphatic hydroxyl groups excluding tert-OH is 1. The fourth-order valence-electron chi connectivity index (χ4n) is 2.08. The first-order valence-electron chi connectivity index (χ1n) is 7.35. The van der Waals surface area contributed by atoms with Crippen LogP contribution in [0.4, 0.5) is 0 Å². The van der Waals surface area contributed by atoms with Crippen molar-refractivity contribution in [2.24, 2.45) is 0 Å². The molecule has 134 valence electrons. The molecule has 0 aliphatic carbocycles. The lowest BCUT2D eigenvalue weighted by Crippen LogP contribution is -2.36. The Morgan fingerprint density at radius 1 is 1.24 bits per heavy atom. The third kappa shape index (κ3) is 4.99. The van der Waals surface area contributed by atoms with Crippen LogP contribution in [0.5, 0.6) is 0 Å². The van der Waals surface area contributed by atoms with Crippen LogP contribution in [0, 0.1) is 0 Å². The summed E-state index contributed by atoms with van der Waals surface area (Å²) in [6.07, 6.45) is 0.426. The fraction of sp³-hybridized carbons (Fsp3) is 0.250. The smallest absolute Gasteiger partial charge is 0.337 e. The van der Waals surface area contributed by atoms with E-state index >= 15 is 0 Å². The average molecular weight is 366 g/mol. The molecule has 0 aliphatic heterocycles. The number of pyridine rings is 1. The van der Waals surface area contributed by atoms with E-state index in [4.69, 9.17) is 0 Å². The van der Waals surface area contributed by atoms with Gasteiger partial charge in [0.25, 0.3) is 5.56 Å². The molecule has 0 amide bonds. The second-order valence-corrected chi connectivity index (χ2v) is 6.98. The van der Waals surface area contributed by atoms with Crippen molar-refractivity contribution < 1.29 is 23.1 Å². The van der Waals surface area contributed by atoms with Gasteiger partial charge < -0.3 is 14.4 Å². The summed E-state index contributed by atoms with van der Waals surface area (Å²) < 4.78 is 32.5. The molecule has 1 aromatic heterocycles. The first-order chi connectivity index (χ1) is 11.8. The molecule has 0 bridgehead atoms. The van der Waals surface area contributed by atoms with Crippen LogP contribution in [0.1, 0.15) is 10.4 Å². The Bertz CT molecular complexity index is 889. The van der Waals surface area contributed by atoms with E-state index in [1.54, 1.807) is 12.1 Å². The topological polar surface area (TPSA) is 115 Å². The van der Waals surface area contributed by atoms with Gasteiger partial charge in [0.15, 0.2) is 0 Å². The highest BCUT2D eigenvalue weighted by Gasteiger charge is 2.17. The van der Waals surface area contributed by atoms with Crippen molar-refractivity contribution in [3.8, 4) is 0 Å².